The van der Waals surface area contributed by atoms with Gasteiger partial charge in [0.05, 0.1) is 11.3 Å². The normalized spacial score (nSPS) is 14.7. The molecule has 1 heterocycles. The molecule has 14 heavy (non-hydrogen) atoms. The number of rotatable bonds is 2. The van der Waals surface area contributed by atoms with Crippen LogP contribution in [0.5, 0.6) is 0 Å². The van der Waals surface area contributed by atoms with Gasteiger partial charge in [-0.2, -0.15) is 0 Å². The fourth-order valence-corrected chi connectivity index (χ4v) is 1.61. The third kappa shape index (κ3) is 1.48. The number of benzene rings is 1. The van der Waals surface area contributed by atoms with E-state index in [9.17, 15) is 4.79 Å². The Morgan fingerprint density at radius 1 is 1.21 bits per heavy atom. The molecule has 0 aromatic heterocycles. The fraction of sp³-hybridized carbons (Fsp3) is 0.182. The van der Waals surface area contributed by atoms with E-state index in [-0.39, 0.29) is 0 Å². The lowest BCUT2D eigenvalue weighted by Crippen LogP contribution is -2.21. The maximum absolute atomic E-state index is 10.9. The minimum atomic E-state index is -0.868. The van der Waals surface area contributed by atoms with Crippen LogP contribution >= 0.6 is 0 Å². The molecule has 0 bridgehead atoms. The van der Waals surface area contributed by atoms with Crippen molar-refractivity contribution in [3.8, 4) is 0 Å². The minimum absolute atomic E-state index is 0.371. The smallest absolute Gasteiger partial charge is 0.337 e. The first-order valence-electron chi connectivity index (χ1n) is 4.51. The number of aromatic carboxylic acids is 1. The highest BCUT2D eigenvalue weighted by Crippen LogP contribution is 2.21. The van der Waals surface area contributed by atoms with Crippen molar-refractivity contribution in [2.45, 2.75) is 0 Å². The lowest BCUT2D eigenvalue weighted by molar-refractivity contribution is 0.0697. The van der Waals surface area contributed by atoms with E-state index in [1.807, 2.05) is 29.2 Å². The van der Waals surface area contributed by atoms with Gasteiger partial charge in [-0.1, -0.05) is 24.3 Å². The van der Waals surface area contributed by atoms with Gasteiger partial charge in [0, 0.05) is 13.1 Å². The number of para-hydroxylation sites is 1. The van der Waals surface area contributed by atoms with Gasteiger partial charge < -0.3 is 10.0 Å². The first-order valence-corrected chi connectivity index (χ1v) is 4.51. The van der Waals surface area contributed by atoms with E-state index in [0.29, 0.717) is 5.56 Å². The second-order valence-corrected chi connectivity index (χ2v) is 3.20. The van der Waals surface area contributed by atoms with Crippen LogP contribution in [0.2, 0.25) is 0 Å². The Hall–Kier alpha value is -1.77. The van der Waals surface area contributed by atoms with Crippen molar-refractivity contribution in [1.29, 1.82) is 0 Å². The molecule has 0 atom stereocenters. The highest BCUT2D eigenvalue weighted by molar-refractivity contribution is 5.94. The van der Waals surface area contributed by atoms with Crippen LogP contribution < -0.4 is 4.90 Å². The summed E-state index contributed by atoms with van der Waals surface area (Å²) in [5, 5.41) is 8.98. The van der Waals surface area contributed by atoms with E-state index >= 15 is 0 Å². The zero-order valence-electron chi connectivity index (χ0n) is 7.68. The Morgan fingerprint density at radius 3 is 2.50 bits per heavy atom. The molecule has 1 N–H and O–H groups in total. The number of carboxylic acid groups (broad SMARTS) is 1. The molecular formula is C11H11NO2. The van der Waals surface area contributed by atoms with Crippen LogP contribution in [0.4, 0.5) is 5.69 Å². The van der Waals surface area contributed by atoms with Crippen LogP contribution in [-0.2, 0) is 0 Å². The molecule has 0 saturated heterocycles. The van der Waals surface area contributed by atoms with Crippen LogP contribution in [0.1, 0.15) is 10.4 Å². The summed E-state index contributed by atoms with van der Waals surface area (Å²) in [6, 6.07) is 7.09. The average Bonchev–Trinajstić information content (AvgIpc) is 2.70. The van der Waals surface area contributed by atoms with Crippen molar-refractivity contribution in [3.63, 3.8) is 0 Å². The Morgan fingerprint density at radius 2 is 1.86 bits per heavy atom. The molecule has 0 aliphatic carbocycles. The van der Waals surface area contributed by atoms with Crippen LogP contribution in [0.15, 0.2) is 36.4 Å². The summed E-state index contributed by atoms with van der Waals surface area (Å²) in [6.07, 6.45) is 4.08. The van der Waals surface area contributed by atoms with E-state index < -0.39 is 5.97 Å². The van der Waals surface area contributed by atoms with Gasteiger partial charge in [-0.3, -0.25) is 0 Å². The maximum atomic E-state index is 10.9. The highest BCUT2D eigenvalue weighted by Gasteiger charge is 2.15. The zero-order chi connectivity index (χ0) is 9.97. The van der Waals surface area contributed by atoms with Gasteiger partial charge in [0.25, 0.3) is 0 Å². The monoisotopic (exact) mass is 189 g/mol. The van der Waals surface area contributed by atoms with E-state index in [1.165, 1.54) is 0 Å². The number of carbonyl (C=O) groups is 1. The Bertz CT molecular complexity index is 377. The van der Waals surface area contributed by atoms with Crippen LogP contribution in [0, 0.1) is 0 Å². The number of carboxylic acids is 1. The summed E-state index contributed by atoms with van der Waals surface area (Å²) in [4.78, 5) is 13.0. The average molecular weight is 189 g/mol. The lowest BCUT2D eigenvalue weighted by atomic mass is 10.1. The molecule has 1 aromatic carbocycles. The molecule has 1 aliphatic heterocycles. The number of nitrogens with zero attached hydrogens (tertiary/aromatic N) is 1. The van der Waals surface area contributed by atoms with Crippen molar-refractivity contribution >= 4 is 11.7 Å². The van der Waals surface area contributed by atoms with Crippen LogP contribution in [0.25, 0.3) is 0 Å². The first kappa shape index (κ1) is 8.81. The predicted molar refractivity (Wildman–Crippen MR) is 54.8 cm³/mol. The molecule has 1 aromatic rings. The molecule has 0 amide bonds. The molecule has 3 heteroatoms. The molecule has 0 spiro atoms. The molecule has 0 radical (unpaired) electrons. The highest BCUT2D eigenvalue weighted by atomic mass is 16.4. The number of hydrogen-bond donors (Lipinski definition) is 1. The van der Waals surface area contributed by atoms with Gasteiger partial charge in [0.15, 0.2) is 0 Å². The van der Waals surface area contributed by atoms with Crippen LogP contribution in [-0.4, -0.2) is 24.2 Å². The number of hydrogen-bond acceptors (Lipinski definition) is 2. The standard InChI is InChI=1S/C11H11NO2/c13-11(14)9-5-1-2-6-10(9)12-7-3-4-8-12/h1-6H,7-8H2,(H,13,14). The van der Waals surface area contributed by atoms with E-state index in [0.717, 1.165) is 18.8 Å². The van der Waals surface area contributed by atoms with E-state index in [4.69, 9.17) is 5.11 Å². The molecule has 3 nitrogen and oxygen atoms in total. The third-order valence-corrected chi connectivity index (χ3v) is 2.29. The molecule has 2 rings (SSSR count). The van der Waals surface area contributed by atoms with Crippen molar-refractivity contribution < 1.29 is 9.90 Å². The molecule has 0 fully saturated rings. The Labute approximate surface area is 82.3 Å². The van der Waals surface area contributed by atoms with Gasteiger partial charge in [-0.05, 0) is 12.1 Å². The van der Waals surface area contributed by atoms with E-state index in [2.05, 4.69) is 0 Å². The Balaban J connectivity index is 2.36. The van der Waals surface area contributed by atoms with Gasteiger partial charge in [-0.25, -0.2) is 4.79 Å². The summed E-state index contributed by atoms with van der Waals surface area (Å²) >= 11 is 0. The summed E-state index contributed by atoms with van der Waals surface area (Å²) in [6.45, 7) is 1.59. The quantitative estimate of drug-likeness (QED) is 0.721. The maximum Gasteiger partial charge on any atom is 0.337 e. The summed E-state index contributed by atoms with van der Waals surface area (Å²) < 4.78 is 0. The fourth-order valence-electron chi connectivity index (χ4n) is 1.61. The van der Waals surface area contributed by atoms with Crippen molar-refractivity contribution in [3.05, 3.63) is 42.0 Å². The first-order chi connectivity index (χ1) is 6.79. The Kier molecular flexibility index (Phi) is 2.23. The van der Waals surface area contributed by atoms with Gasteiger partial charge in [-0.15, -0.1) is 0 Å². The molecule has 72 valence electrons. The molecule has 1 aliphatic rings. The molecular weight excluding hydrogens is 178 g/mol. The summed E-state index contributed by atoms with van der Waals surface area (Å²) in [7, 11) is 0. The van der Waals surface area contributed by atoms with Gasteiger partial charge in [0.1, 0.15) is 0 Å². The second-order valence-electron chi connectivity index (χ2n) is 3.20. The molecule has 0 unspecified atom stereocenters. The second kappa shape index (κ2) is 3.54. The van der Waals surface area contributed by atoms with Gasteiger partial charge in [0.2, 0.25) is 0 Å². The zero-order valence-corrected chi connectivity index (χ0v) is 7.68. The van der Waals surface area contributed by atoms with Gasteiger partial charge >= 0.3 is 5.97 Å². The predicted octanol–water partition coefficient (Wildman–Crippen LogP) is 1.76. The minimum Gasteiger partial charge on any atom is -0.478 e. The van der Waals surface area contributed by atoms with Crippen molar-refractivity contribution in [2.24, 2.45) is 0 Å². The topological polar surface area (TPSA) is 40.5 Å². The van der Waals surface area contributed by atoms with Crippen LogP contribution in [0.3, 0.4) is 0 Å². The lowest BCUT2D eigenvalue weighted by Gasteiger charge is -2.19. The SMILES string of the molecule is O=C(O)c1ccccc1N1CC=CC1. The molecule has 0 saturated carbocycles. The van der Waals surface area contributed by atoms with E-state index in [1.54, 1.807) is 12.1 Å². The van der Waals surface area contributed by atoms with Crippen molar-refractivity contribution in [2.75, 3.05) is 18.0 Å². The third-order valence-electron chi connectivity index (χ3n) is 2.29. The van der Waals surface area contributed by atoms with Crippen molar-refractivity contribution in [1.82, 2.24) is 0 Å². The number of anilines is 1. The summed E-state index contributed by atoms with van der Waals surface area (Å²) in [5.74, 6) is -0.868. The summed E-state index contributed by atoms with van der Waals surface area (Å²) in [5.41, 5.74) is 1.17. The largest absolute Gasteiger partial charge is 0.478 e.